The van der Waals surface area contributed by atoms with Crippen molar-refractivity contribution in [1.29, 1.82) is 0 Å². The van der Waals surface area contributed by atoms with E-state index < -0.39 is 0 Å². The lowest BCUT2D eigenvalue weighted by molar-refractivity contribution is 0.767. The van der Waals surface area contributed by atoms with Crippen LogP contribution in [0.1, 0.15) is 11.1 Å². The quantitative estimate of drug-likeness (QED) is 0.823. The van der Waals surface area contributed by atoms with E-state index in [1.807, 2.05) is 35.9 Å². The fourth-order valence-corrected chi connectivity index (χ4v) is 2.25. The van der Waals surface area contributed by atoms with Crippen LogP contribution in [0.4, 0.5) is 0 Å². The number of rotatable bonds is 4. The summed E-state index contributed by atoms with van der Waals surface area (Å²) in [7, 11) is 1.93. The molecular formula is C12H15N3S. The maximum atomic E-state index is 5.55. The van der Waals surface area contributed by atoms with Crippen molar-refractivity contribution < 1.29 is 0 Å². The maximum Gasteiger partial charge on any atom is 0.0530 e. The van der Waals surface area contributed by atoms with E-state index in [-0.39, 0.29) is 0 Å². The van der Waals surface area contributed by atoms with Crippen LogP contribution in [0.25, 0.3) is 0 Å². The predicted molar refractivity (Wildman–Crippen MR) is 67.1 cm³/mol. The zero-order valence-electron chi connectivity index (χ0n) is 9.26. The normalized spacial score (nSPS) is 10.6. The van der Waals surface area contributed by atoms with Crippen molar-refractivity contribution >= 4 is 11.8 Å². The third kappa shape index (κ3) is 2.87. The van der Waals surface area contributed by atoms with Crippen LogP contribution in [0.3, 0.4) is 0 Å². The Hall–Kier alpha value is -1.26. The Labute approximate surface area is 99.7 Å². The molecule has 0 saturated carbocycles. The molecule has 2 N–H and O–H groups in total. The molecule has 0 aliphatic heterocycles. The molecule has 0 aliphatic rings. The van der Waals surface area contributed by atoms with E-state index in [2.05, 4.69) is 29.4 Å². The van der Waals surface area contributed by atoms with E-state index in [1.54, 1.807) is 0 Å². The molecule has 0 spiro atoms. The highest BCUT2D eigenvalue weighted by molar-refractivity contribution is 7.98. The van der Waals surface area contributed by atoms with Gasteiger partial charge in [-0.2, -0.15) is 5.10 Å². The second kappa shape index (κ2) is 5.18. The molecule has 3 nitrogen and oxygen atoms in total. The monoisotopic (exact) mass is 233 g/mol. The largest absolute Gasteiger partial charge is 0.326 e. The Bertz CT molecular complexity index is 448. The summed E-state index contributed by atoms with van der Waals surface area (Å²) < 4.78 is 1.83. The van der Waals surface area contributed by atoms with Gasteiger partial charge in [0, 0.05) is 36.0 Å². The molecule has 1 aromatic carbocycles. The summed E-state index contributed by atoms with van der Waals surface area (Å²) in [5, 5.41) is 4.14. The van der Waals surface area contributed by atoms with Crippen molar-refractivity contribution in [3.8, 4) is 0 Å². The Morgan fingerprint density at radius 3 is 2.56 bits per heavy atom. The lowest BCUT2D eigenvalue weighted by Crippen LogP contribution is -1.94. The van der Waals surface area contributed by atoms with Gasteiger partial charge in [0.05, 0.1) is 6.20 Å². The first-order valence-corrected chi connectivity index (χ1v) is 6.16. The number of nitrogens with zero attached hydrogens (tertiary/aromatic N) is 2. The summed E-state index contributed by atoms with van der Waals surface area (Å²) in [5.74, 6) is 0.954. The van der Waals surface area contributed by atoms with Crippen molar-refractivity contribution in [3.05, 3.63) is 47.8 Å². The highest BCUT2D eigenvalue weighted by Crippen LogP contribution is 2.22. The Kier molecular flexibility index (Phi) is 3.64. The topological polar surface area (TPSA) is 43.8 Å². The molecule has 0 atom stereocenters. The minimum Gasteiger partial charge on any atom is -0.326 e. The summed E-state index contributed by atoms with van der Waals surface area (Å²) in [4.78, 5) is 1.26. The SMILES string of the molecule is Cn1cc(CSc2ccc(CN)cc2)cn1. The third-order valence-corrected chi connectivity index (χ3v) is 3.41. The Morgan fingerprint density at radius 2 is 2.00 bits per heavy atom. The maximum absolute atomic E-state index is 5.55. The van der Waals surface area contributed by atoms with E-state index in [0.717, 1.165) is 5.75 Å². The molecule has 0 bridgehead atoms. The molecule has 0 saturated heterocycles. The molecule has 2 aromatic rings. The van der Waals surface area contributed by atoms with Crippen LogP contribution < -0.4 is 5.73 Å². The molecule has 0 fully saturated rings. The highest BCUT2D eigenvalue weighted by atomic mass is 32.2. The standard InChI is InChI=1S/C12H15N3S/c1-15-8-11(7-14-15)9-16-12-4-2-10(6-13)3-5-12/h2-5,7-8H,6,9,13H2,1H3. The summed E-state index contributed by atoms with van der Waals surface area (Å²) in [6, 6.07) is 8.38. The van der Waals surface area contributed by atoms with Gasteiger partial charge in [-0.05, 0) is 17.7 Å². The minimum absolute atomic E-state index is 0.605. The first-order valence-electron chi connectivity index (χ1n) is 5.17. The second-order valence-corrected chi connectivity index (χ2v) is 4.71. The van der Waals surface area contributed by atoms with E-state index in [1.165, 1.54) is 16.0 Å². The van der Waals surface area contributed by atoms with Gasteiger partial charge in [0.2, 0.25) is 0 Å². The summed E-state index contributed by atoms with van der Waals surface area (Å²) in [6.07, 6.45) is 3.95. The summed E-state index contributed by atoms with van der Waals surface area (Å²) in [6.45, 7) is 0.605. The first-order chi connectivity index (χ1) is 7.78. The van der Waals surface area contributed by atoms with Crippen molar-refractivity contribution in [1.82, 2.24) is 9.78 Å². The molecule has 0 aliphatic carbocycles. The van der Waals surface area contributed by atoms with Gasteiger partial charge in [-0.3, -0.25) is 4.68 Å². The van der Waals surface area contributed by atoms with Gasteiger partial charge in [0.15, 0.2) is 0 Å². The van der Waals surface area contributed by atoms with Gasteiger partial charge >= 0.3 is 0 Å². The zero-order valence-corrected chi connectivity index (χ0v) is 10.1. The van der Waals surface area contributed by atoms with Crippen molar-refractivity contribution in [3.63, 3.8) is 0 Å². The van der Waals surface area contributed by atoms with Crippen molar-refractivity contribution in [2.24, 2.45) is 12.8 Å². The van der Waals surface area contributed by atoms with E-state index >= 15 is 0 Å². The van der Waals surface area contributed by atoms with E-state index in [0.29, 0.717) is 6.54 Å². The number of hydrogen-bond acceptors (Lipinski definition) is 3. The fraction of sp³-hybridized carbons (Fsp3) is 0.250. The summed E-state index contributed by atoms with van der Waals surface area (Å²) >= 11 is 1.81. The van der Waals surface area contributed by atoms with Crippen LogP contribution in [0, 0.1) is 0 Å². The summed E-state index contributed by atoms with van der Waals surface area (Å²) in [5.41, 5.74) is 7.97. The number of hydrogen-bond donors (Lipinski definition) is 1. The minimum atomic E-state index is 0.605. The van der Waals surface area contributed by atoms with Crippen molar-refractivity contribution in [2.75, 3.05) is 0 Å². The number of aryl methyl sites for hydroxylation is 1. The van der Waals surface area contributed by atoms with Crippen LogP contribution in [-0.2, 0) is 19.3 Å². The van der Waals surface area contributed by atoms with Crippen LogP contribution >= 0.6 is 11.8 Å². The number of benzene rings is 1. The fourth-order valence-electron chi connectivity index (χ4n) is 1.43. The van der Waals surface area contributed by atoms with Crippen LogP contribution in [0.2, 0.25) is 0 Å². The molecule has 1 heterocycles. The molecular weight excluding hydrogens is 218 g/mol. The second-order valence-electron chi connectivity index (χ2n) is 3.66. The Morgan fingerprint density at radius 1 is 1.25 bits per heavy atom. The third-order valence-electron chi connectivity index (χ3n) is 2.32. The predicted octanol–water partition coefficient (Wildman–Crippen LogP) is 2.17. The molecule has 0 radical (unpaired) electrons. The molecule has 4 heteroatoms. The van der Waals surface area contributed by atoms with Crippen LogP contribution in [0.5, 0.6) is 0 Å². The van der Waals surface area contributed by atoms with Crippen molar-refractivity contribution in [2.45, 2.75) is 17.2 Å². The molecule has 2 rings (SSSR count). The van der Waals surface area contributed by atoms with Gasteiger partial charge in [-0.1, -0.05) is 12.1 Å². The van der Waals surface area contributed by atoms with Crippen LogP contribution in [-0.4, -0.2) is 9.78 Å². The number of nitrogens with two attached hydrogens (primary N) is 1. The lowest BCUT2D eigenvalue weighted by Gasteiger charge is -2.01. The lowest BCUT2D eigenvalue weighted by atomic mass is 10.2. The smallest absolute Gasteiger partial charge is 0.0530 e. The van der Waals surface area contributed by atoms with Crippen LogP contribution in [0.15, 0.2) is 41.6 Å². The van der Waals surface area contributed by atoms with Gasteiger partial charge in [0.1, 0.15) is 0 Å². The van der Waals surface area contributed by atoms with E-state index in [9.17, 15) is 0 Å². The Balaban J connectivity index is 1.94. The molecule has 16 heavy (non-hydrogen) atoms. The zero-order chi connectivity index (χ0) is 11.4. The van der Waals surface area contributed by atoms with Gasteiger partial charge < -0.3 is 5.73 Å². The molecule has 1 aromatic heterocycles. The average Bonchev–Trinajstić information content (AvgIpc) is 2.73. The van der Waals surface area contributed by atoms with Gasteiger partial charge in [-0.15, -0.1) is 11.8 Å². The molecule has 0 unspecified atom stereocenters. The molecule has 0 amide bonds. The van der Waals surface area contributed by atoms with Gasteiger partial charge in [0.25, 0.3) is 0 Å². The van der Waals surface area contributed by atoms with E-state index in [4.69, 9.17) is 5.73 Å². The molecule has 84 valence electrons. The highest BCUT2D eigenvalue weighted by Gasteiger charge is 1.98. The average molecular weight is 233 g/mol. The number of aromatic nitrogens is 2. The van der Waals surface area contributed by atoms with Gasteiger partial charge in [-0.25, -0.2) is 0 Å². The number of thioether (sulfide) groups is 1. The first kappa shape index (κ1) is 11.2.